The van der Waals surface area contributed by atoms with Crippen LogP contribution in [0.3, 0.4) is 0 Å². The molecule has 4 heteroatoms. The Morgan fingerprint density at radius 1 is 1.18 bits per heavy atom. The first-order valence-electron chi connectivity index (χ1n) is 3.58. The average molecular weight is 175 g/mol. The maximum atomic E-state index is 5.72. The number of nitrogens with zero attached hydrogens (tertiary/aromatic N) is 2. The number of rotatable bonds is 2. The van der Waals surface area contributed by atoms with E-state index in [2.05, 4.69) is 10.2 Å². The van der Waals surface area contributed by atoms with Gasteiger partial charge in [-0.1, -0.05) is 13.8 Å². The van der Waals surface area contributed by atoms with E-state index in [0.29, 0.717) is 11.8 Å². The number of hydrogen-bond donors (Lipinski definition) is 0. The third-order valence-corrected chi connectivity index (χ3v) is 1.48. The van der Waals surface area contributed by atoms with Crippen LogP contribution >= 0.6 is 11.6 Å². The second-order valence-electron chi connectivity index (χ2n) is 2.75. The fraction of sp³-hybridized carbons (Fsp3) is 0.714. The van der Waals surface area contributed by atoms with E-state index in [0.717, 1.165) is 0 Å². The smallest absolute Gasteiger partial charge is 0.234 e. The van der Waals surface area contributed by atoms with E-state index in [-0.39, 0.29) is 11.3 Å². The zero-order valence-corrected chi connectivity index (χ0v) is 7.59. The summed E-state index contributed by atoms with van der Waals surface area (Å²) in [7, 11) is 0. The zero-order chi connectivity index (χ0) is 8.43. The molecule has 1 aromatic heterocycles. The van der Waals surface area contributed by atoms with Gasteiger partial charge in [0.25, 0.3) is 0 Å². The maximum absolute atomic E-state index is 5.72. The second-order valence-corrected chi connectivity index (χ2v) is 3.40. The van der Waals surface area contributed by atoms with Gasteiger partial charge in [-0.3, -0.25) is 0 Å². The van der Waals surface area contributed by atoms with Gasteiger partial charge in [0.1, 0.15) is 5.38 Å². The molecule has 0 saturated heterocycles. The predicted octanol–water partition coefficient (Wildman–Crippen LogP) is 2.49. The summed E-state index contributed by atoms with van der Waals surface area (Å²) in [6, 6.07) is 0. The minimum atomic E-state index is -0.199. The van der Waals surface area contributed by atoms with Gasteiger partial charge in [0.2, 0.25) is 11.8 Å². The summed E-state index contributed by atoms with van der Waals surface area (Å²) in [5.41, 5.74) is 0. The van der Waals surface area contributed by atoms with Crippen LogP contribution in [0, 0.1) is 0 Å². The normalized spacial score (nSPS) is 13.9. The fourth-order valence-corrected chi connectivity index (χ4v) is 0.729. The van der Waals surface area contributed by atoms with Crippen molar-refractivity contribution in [1.29, 1.82) is 0 Å². The van der Waals surface area contributed by atoms with Gasteiger partial charge in [-0.15, -0.1) is 21.8 Å². The molecule has 0 aliphatic rings. The highest BCUT2D eigenvalue weighted by atomic mass is 35.5. The Morgan fingerprint density at radius 3 is 2.00 bits per heavy atom. The van der Waals surface area contributed by atoms with Crippen LogP contribution in [0.15, 0.2) is 4.42 Å². The monoisotopic (exact) mass is 174 g/mol. The highest BCUT2D eigenvalue weighted by Gasteiger charge is 2.12. The largest absolute Gasteiger partial charge is 0.423 e. The van der Waals surface area contributed by atoms with Crippen LogP contribution in [0.5, 0.6) is 0 Å². The van der Waals surface area contributed by atoms with Crippen molar-refractivity contribution in [2.45, 2.75) is 32.1 Å². The molecule has 1 rings (SSSR count). The van der Waals surface area contributed by atoms with Gasteiger partial charge in [0.05, 0.1) is 0 Å². The lowest BCUT2D eigenvalue weighted by molar-refractivity contribution is 0.432. The Morgan fingerprint density at radius 2 is 1.73 bits per heavy atom. The lowest BCUT2D eigenvalue weighted by atomic mass is 10.2. The van der Waals surface area contributed by atoms with Crippen molar-refractivity contribution in [3.63, 3.8) is 0 Å². The minimum Gasteiger partial charge on any atom is -0.423 e. The number of aromatic nitrogens is 2. The van der Waals surface area contributed by atoms with Gasteiger partial charge < -0.3 is 4.42 Å². The Balaban J connectivity index is 2.82. The second kappa shape index (κ2) is 3.22. The van der Waals surface area contributed by atoms with Crippen LogP contribution in [0.4, 0.5) is 0 Å². The van der Waals surface area contributed by atoms with Crippen molar-refractivity contribution in [3.05, 3.63) is 11.8 Å². The van der Waals surface area contributed by atoms with Crippen LogP contribution in [0.2, 0.25) is 0 Å². The molecule has 0 N–H and O–H groups in total. The van der Waals surface area contributed by atoms with E-state index >= 15 is 0 Å². The molecule has 1 atom stereocenters. The SMILES string of the molecule is CC(C)c1nnc(C(C)Cl)o1. The van der Waals surface area contributed by atoms with Crippen molar-refractivity contribution >= 4 is 11.6 Å². The summed E-state index contributed by atoms with van der Waals surface area (Å²) in [6.07, 6.45) is 0. The number of halogens is 1. The summed E-state index contributed by atoms with van der Waals surface area (Å²) >= 11 is 5.72. The topological polar surface area (TPSA) is 38.9 Å². The minimum absolute atomic E-state index is 0.199. The summed E-state index contributed by atoms with van der Waals surface area (Å²) < 4.78 is 5.25. The molecule has 0 radical (unpaired) electrons. The molecule has 0 amide bonds. The third kappa shape index (κ3) is 1.93. The van der Waals surface area contributed by atoms with Crippen LogP contribution in [0.25, 0.3) is 0 Å². The molecule has 0 spiro atoms. The Kier molecular flexibility index (Phi) is 2.49. The van der Waals surface area contributed by atoms with Crippen molar-refractivity contribution in [2.24, 2.45) is 0 Å². The Hall–Kier alpha value is -0.570. The molecule has 0 fully saturated rings. The van der Waals surface area contributed by atoms with Gasteiger partial charge in [-0.2, -0.15) is 0 Å². The van der Waals surface area contributed by atoms with Crippen LogP contribution in [-0.2, 0) is 0 Å². The van der Waals surface area contributed by atoms with Crippen LogP contribution in [-0.4, -0.2) is 10.2 Å². The predicted molar refractivity (Wildman–Crippen MR) is 42.7 cm³/mol. The van der Waals surface area contributed by atoms with Crippen molar-refractivity contribution in [3.8, 4) is 0 Å². The van der Waals surface area contributed by atoms with E-state index in [1.807, 2.05) is 13.8 Å². The molecule has 11 heavy (non-hydrogen) atoms. The molecular formula is C7H11ClN2O. The molecule has 1 heterocycles. The summed E-state index contributed by atoms with van der Waals surface area (Å²) in [4.78, 5) is 0. The van der Waals surface area contributed by atoms with Crippen LogP contribution in [0.1, 0.15) is 43.8 Å². The number of alkyl halides is 1. The lowest BCUT2D eigenvalue weighted by Gasteiger charge is -1.95. The summed E-state index contributed by atoms with van der Waals surface area (Å²) in [6.45, 7) is 5.80. The molecule has 0 aromatic carbocycles. The van der Waals surface area contributed by atoms with Gasteiger partial charge in [0.15, 0.2) is 0 Å². The molecule has 0 aliphatic heterocycles. The van der Waals surface area contributed by atoms with E-state index in [1.165, 1.54) is 0 Å². The first-order chi connectivity index (χ1) is 5.11. The maximum Gasteiger partial charge on any atom is 0.234 e. The molecule has 3 nitrogen and oxygen atoms in total. The Labute approximate surface area is 70.8 Å². The summed E-state index contributed by atoms with van der Waals surface area (Å²) in [5.74, 6) is 1.41. The van der Waals surface area contributed by atoms with E-state index in [4.69, 9.17) is 16.0 Å². The van der Waals surface area contributed by atoms with Gasteiger partial charge >= 0.3 is 0 Å². The average Bonchev–Trinajstić information content (AvgIpc) is 2.33. The van der Waals surface area contributed by atoms with Crippen molar-refractivity contribution < 1.29 is 4.42 Å². The molecule has 1 aromatic rings. The molecule has 62 valence electrons. The highest BCUT2D eigenvalue weighted by Crippen LogP contribution is 2.20. The quantitative estimate of drug-likeness (QED) is 0.647. The molecule has 1 unspecified atom stereocenters. The fourth-order valence-electron chi connectivity index (χ4n) is 0.641. The first kappa shape index (κ1) is 8.53. The molecule has 0 saturated carbocycles. The highest BCUT2D eigenvalue weighted by molar-refractivity contribution is 6.20. The standard InChI is InChI=1S/C7H11ClN2O/c1-4(2)6-9-10-7(11-6)5(3)8/h4-5H,1-3H3. The molecular weight excluding hydrogens is 164 g/mol. The zero-order valence-electron chi connectivity index (χ0n) is 6.84. The van der Waals surface area contributed by atoms with Crippen molar-refractivity contribution in [1.82, 2.24) is 10.2 Å². The van der Waals surface area contributed by atoms with Gasteiger partial charge in [-0.05, 0) is 6.92 Å². The summed E-state index contributed by atoms with van der Waals surface area (Å²) in [5, 5.41) is 7.43. The lowest BCUT2D eigenvalue weighted by Crippen LogP contribution is -1.85. The molecule has 0 aliphatic carbocycles. The third-order valence-electron chi connectivity index (χ3n) is 1.29. The van der Waals surface area contributed by atoms with E-state index in [9.17, 15) is 0 Å². The number of hydrogen-bond acceptors (Lipinski definition) is 3. The van der Waals surface area contributed by atoms with E-state index < -0.39 is 0 Å². The Bertz CT molecular complexity index is 210. The van der Waals surface area contributed by atoms with Crippen molar-refractivity contribution in [2.75, 3.05) is 0 Å². The van der Waals surface area contributed by atoms with E-state index in [1.54, 1.807) is 6.92 Å². The van der Waals surface area contributed by atoms with Gasteiger partial charge in [-0.25, -0.2) is 0 Å². The van der Waals surface area contributed by atoms with Gasteiger partial charge in [0, 0.05) is 5.92 Å². The molecule has 0 bridgehead atoms. The first-order valence-corrected chi connectivity index (χ1v) is 4.02. The van der Waals surface area contributed by atoms with Crippen LogP contribution < -0.4 is 0 Å².